The van der Waals surface area contributed by atoms with Gasteiger partial charge in [-0.25, -0.2) is 0 Å². The molecular weight excluding hydrogens is 226 g/mol. The van der Waals surface area contributed by atoms with Crippen LogP contribution in [0.5, 0.6) is 0 Å². The first-order valence-corrected chi connectivity index (χ1v) is 6.71. The fourth-order valence-corrected chi connectivity index (χ4v) is 1.79. The molecule has 0 aliphatic heterocycles. The average Bonchev–Trinajstić information content (AvgIpc) is 2.40. The predicted octanol–water partition coefficient (Wildman–Crippen LogP) is 2.90. The van der Waals surface area contributed by atoms with E-state index in [1.165, 1.54) is 5.56 Å². The second-order valence-corrected chi connectivity index (χ2v) is 4.31. The molecule has 1 aromatic rings. The molecule has 3 heteroatoms. The second-order valence-electron chi connectivity index (χ2n) is 4.31. The molecule has 0 bridgehead atoms. The molecule has 0 saturated carbocycles. The summed E-state index contributed by atoms with van der Waals surface area (Å²) in [6, 6.07) is 9.91. The van der Waals surface area contributed by atoms with Crippen molar-refractivity contribution in [3.05, 3.63) is 35.9 Å². The summed E-state index contributed by atoms with van der Waals surface area (Å²) in [6.07, 6.45) is 2.95. The van der Waals surface area contributed by atoms with Crippen LogP contribution in [0.2, 0.25) is 0 Å². The van der Waals surface area contributed by atoms with Gasteiger partial charge in [0.1, 0.15) is 6.04 Å². The molecule has 1 N–H and O–H groups in total. The van der Waals surface area contributed by atoms with Crippen LogP contribution in [0.15, 0.2) is 30.3 Å². The molecule has 0 heterocycles. The van der Waals surface area contributed by atoms with Crippen LogP contribution in [0.4, 0.5) is 0 Å². The number of carbonyl (C=O) groups is 1. The topological polar surface area (TPSA) is 38.3 Å². The van der Waals surface area contributed by atoms with Gasteiger partial charge in [-0.3, -0.25) is 4.79 Å². The first-order valence-electron chi connectivity index (χ1n) is 6.71. The van der Waals surface area contributed by atoms with Gasteiger partial charge in [0.25, 0.3) is 0 Å². The predicted molar refractivity (Wildman–Crippen MR) is 73.2 cm³/mol. The lowest BCUT2D eigenvalue weighted by Crippen LogP contribution is -2.37. The second kappa shape index (κ2) is 8.70. The summed E-state index contributed by atoms with van der Waals surface area (Å²) >= 11 is 0. The molecule has 0 radical (unpaired) electrons. The third kappa shape index (κ3) is 5.32. The first-order chi connectivity index (χ1) is 8.77. The van der Waals surface area contributed by atoms with E-state index in [-0.39, 0.29) is 12.0 Å². The molecular formula is C15H23NO2. The average molecular weight is 249 g/mol. The standard InChI is InChI=1S/C15H23NO2/c1-3-5-11-14(15(17)18-4-2)16-12-13-9-7-6-8-10-13/h6-10,14,16H,3-5,11-12H2,1-2H3. The van der Waals surface area contributed by atoms with Gasteiger partial charge in [0, 0.05) is 6.54 Å². The third-order valence-corrected chi connectivity index (χ3v) is 2.81. The molecule has 0 saturated heterocycles. The highest BCUT2D eigenvalue weighted by molar-refractivity contribution is 5.75. The van der Waals surface area contributed by atoms with Gasteiger partial charge in [-0.05, 0) is 18.9 Å². The summed E-state index contributed by atoms with van der Waals surface area (Å²) in [4.78, 5) is 11.8. The van der Waals surface area contributed by atoms with Gasteiger partial charge in [0.2, 0.25) is 0 Å². The molecule has 18 heavy (non-hydrogen) atoms. The Morgan fingerprint density at radius 3 is 2.61 bits per heavy atom. The lowest BCUT2D eigenvalue weighted by Gasteiger charge is -2.17. The van der Waals surface area contributed by atoms with Gasteiger partial charge >= 0.3 is 5.97 Å². The lowest BCUT2D eigenvalue weighted by molar-refractivity contribution is -0.145. The van der Waals surface area contributed by atoms with Gasteiger partial charge in [-0.2, -0.15) is 0 Å². The van der Waals surface area contributed by atoms with Crippen molar-refractivity contribution in [2.24, 2.45) is 0 Å². The maximum absolute atomic E-state index is 11.8. The molecule has 3 nitrogen and oxygen atoms in total. The third-order valence-electron chi connectivity index (χ3n) is 2.81. The van der Waals surface area contributed by atoms with Crippen LogP contribution in [-0.4, -0.2) is 18.6 Å². The summed E-state index contributed by atoms with van der Waals surface area (Å²) in [5.74, 6) is -0.137. The fraction of sp³-hybridized carbons (Fsp3) is 0.533. The van der Waals surface area contributed by atoms with E-state index in [4.69, 9.17) is 4.74 Å². The van der Waals surface area contributed by atoms with Crippen LogP contribution < -0.4 is 5.32 Å². The van der Waals surface area contributed by atoms with Crippen LogP contribution in [-0.2, 0) is 16.1 Å². The molecule has 0 amide bonds. The molecule has 1 atom stereocenters. The van der Waals surface area contributed by atoms with E-state index < -0.39 is 0 Å². The summed E-state index contributed by atoms with van der Waals surface area (Å²) < 4.78 is 5.09. The number of esters is 1. The Hall–Kier alpha value is -1.35. The Bertz CT molecular complexity index is 338. The zero-order chi connectivity index (χ0) is 13.2. The Balaban J connectivity index is 2.47. The van der Waals surface area contributed by atoms with Crippen LogP contribution in [0.1, 0.15) is 38.7 Å². The van der Waals surface area contributed by atoms with E-state index in [1.807, 2.05) is 25.1 Å². The maximum atomic E-state index is 11.8. The molecule has 1 unspecified atom stereocenters. The Kier molecular flexibility index (Phi) is 7.11. The quantitative estimate of drug-likeness (QED) is 0.720. The summed E-state index contributed by atoms with van der Waals surface area (Å²) in [6.45, 7) is 5.11. The number of carbonyl (C=O) groups excluding carboxylic acids is 1. The minimum absolute atomic E-state index is 0.137. The molecule has 0 spiro atoms. The van der Waals surface area contributed by atoms with Crippen molar-refractivity contribution in [2.75, 3.05) is 6.61 Å². The van der Waals surface area contributed by atoms with Crippen molar-refractivity contribution in [2.45, 2.75) is 45.7 Å². The van der Waals surface area contributed by atoms with Crippen molar-refractivity contribution >= 4 is 5.97 Å². The van der Waals surface area contributed by atoms with E-state index in [1.54, 1.807) is 0 Å². The molecule has 0 fully saturated rings. The fourth-order valence-electron chi connectivity index (χ4n) is 1.79. The molecule has 0 aliphatic rings. The normalized spacial score (nSPS) is 12.1. The van der Waals surface area contributed by atoms with E-state index in [0.29, 0.717) is 13.2 Å². The largest absolute Gasteiger partial charge is 0.465 e. The highest BCUT2D eigenvalue weighted by Gasteiger charge is 2.18. The highest BCUT2D eigenvalue weighted by Crippen LogP contribution is 2.05. The van der Waals surface area contributed by atoms with Crippen molar-refractivity contribution in [1.29, 1.82) is 0 Å². The van der Waals surface area contributed by atoms with Crippen LogP contribution >= 0.6 is 0 Å². The molecule has 0 aromatic heterocycles. The smallest absolute Gasteiger partial charge is 0.323 e. The summed E-state index contributed by atoms with van der Waals surface area (Å²) in [5.41, 5.74) is 1.18. The van der Waals surface area contributed by atoms with Gasteiger partial charge in [0.15, 0.2) is 0 Å². The van der Waals surface area contributed by atoms with Gasteiger partial charge in [-0.15, -0.1) is 0 Å². The number of hydrogen-bond donors (Lipinski definition) is 1. The minimum Gasteiger partial charge on any atom is -0.465 e. The minimum atomic E-state index is -0.190. The Morgan fingerprint density at radius 1 is 1.28 bits per heavy atom. The number of unbranched alkanes of at least 4 members (excludes halogenated alkanes) is 1. The lowest BCUT2D eigenvalue weighted by atomic mass is 10.1. The van der Waals surface area contributed by atoms with E-state index in [9.17, 15) is 4.79 Å². The SMILES string of the molecule is CCCCC(NCc1ccccc1)C(=O)OCC. The number of ether oxygens (including phenoxy) is 1. The van der Waals surface area contributed by atoms with Gasteiger partial charge < -0.3 is 10.1 Å². The van der Waals surface area contributed by atoms with E-state index in [0.717, 1.165) is 19.3 Å². The van der Waals surface area contributed by atoms with Crippen molar-refractivity contribution in [1.82, 2.24) is 5.32 Å². The number of hydrogen-bond acceptors (Lipinski definition) is 3. The maximum Gasteiger partial charge on any atom is 0.323 e. The summed E-state index contributed by atoms with van der Waals surface area (Å²) in [7, 11) is 0. The number of benzene rings is 1. The highest BCUT2D eigenvalue weighted by atomic mass is 16.5. The zero-order valence-corrected chi connectivity index (χ0v) is 11.3. The number of nitrogens with one attached hydrogen (secondary N) is 1. The Morgan fingerprint density at radius 2 is 2.00 bits per heavy atom. The van der Waals surface area contributed by atoms with E-state index in [2.05, 4.69) is 24.4 Å². The van der Waals surface area contributed by atoms with E-state index >= 15 is 0 Å². The van der Waals surface area contributed by atoms with Crippen LogP contribution in [0, 0.1) is 0 Å². The zero-order valence-electron chi connectivity index (χ0n) is 11.3. The first kappa shape index (κ1) is 14.7. The molecule has 100 valence electrons. The van der Waals surface area contributed by atoms with Gasteiger partial charge in [0.05, 0.1) is 6.61 Å². The van der Waals surface area contributed by atoms with Crippen LogP contribution in [0.3, 0.4) is 0 Å². The summed E-state index contributed by atoms with van der Waals surface area (Å²) in [5, 5.41) is 3.28. The van der Waals surface area contributed by atoms with Crippen molar-refractivity contribution in [3.63, 3.8) is 0 Å². The monoisotopic (exact) mass is 249 g/mol. The Labute approximate surface area is 110 Å². The van der Waals surface area contributed by atoms with Gasteiger partial charge in [-0.1, -0.05) is 50.1 Å². The molecule has 1 aromatic carbocycles. The number of rotatable bonds is 8. The van der Waals surface area contributed by atoms with Crippen molar-refractivity contribution in [3.8, 4) is 0 Å². The van der Waals surface area contributed by atoms with Crippen molar-refractivity contribution < 1.29 is 9.53 Å². The van der Waals surface area contributed by atoms with Crippen LogP contribution in [0.25, 0.3) is 0 Å². The molecule has 1 rings (SSSR count). The molecule has 0 aliphatic carbocycles.